The first-order valence-electron chi connectivity index (χ1n) is 8.59. The highest BCUT2D eigenvalue weighted by atomic mass is 14.7. The molecular weight excluding hydrogens is 230 g/mol. The van der Waals surface area contributed by atoms with Gasteiger partial charge >= 0.3 is 0 Å². The fourth-order valence-corrected chi connectivity index (χ4v) is 4.92. The quantitative estimate of drug-likeness (QED) is 0.568. The van der Waals surface area contributed by atoms with Gasteiger partial charge in [-0.1, -0.05) is 67.2 Å². The zero-order valence-electron chi connectivity index (χ0n) is 14.3. The van der Waals surface area contributed by atoms with Crippen LogP contribution in [0.1, 0.15) is 80.1 Å². The van der Waals surface area contributed by atoms with Gasteiger partial charge < -0.3 is 5.73 Å². The molecule has 0 bridgehead atoms. The summed E-state index contributed by atoms with van der Waals surface area (Å²) >= 11 is 0. The molecule has 0 amide bonds. The van der Waals surface area contributed by atoms with Crippen molar-refractivity contribution in [3.63, 3.8) is 0 Å². The molecule has 114 valence electrons. The molecular formula is C18H37N. The predicted octanol–water partition coefficient (Wildman–Crippen LogP) is 5.24. The van der Waals surface area contributed by atoms with Crippen LogP contribution >= 0.6 is 0 Å². The van der Waals surface area contributed by atoms with Crippen molar-refractivity contribution in [3.05, 3.63) is 0 Å². The van der Waals surface area contributed by atoms with E-state index in [0.29, 0.717) is 10.8 Å². The van der Waals surface area contributed by atoms with E-state index in [1.807, 2.05) is 0 Å². The topological polar surface area (TPSA) is 26.0 Å². The normalized spacial score (nSPS) is 34.9. The summed E-state index contributed by atoms with van der Waals surface area (Å²) in [7, 11) is 0. The lowest BCUT2D eigenvalue weighted by molar-refractivity contribution is 0.113. The molecule has 0 heterocycles. The molecule has 1 saturated carbocycles. The van der Waals surface area contributed by atoms with Gasteiger partial charge in [0.05, 0.1) is 0 Å². The van der Waals surface area contributed by atoms with Crippen molar-refractivity contribution in [1.82, 2.24) is 0 Å². The first-order chi connectivity index (χ1) is 8.89. The number of hydrogen-bond acceptors (Lipinski definition) is 1. The highest BCUT2D eigenvalue weighted by Crippen LogP contribution is 2.72. The fourth-order valence-electron chi connectivity index (χ4n) is 4.92. The maximum absolute atomic E-state index is 5.67. The third-order valence-corrected chi connectivity index (χ3v) is 6.69. The number of nitrogens with two attached hydrogens (primary N) is 1. The fraction of sp³-hybridized carbons (Fsp3) is 1.00. The number of hydrogen-bond donors (Lipinski definition) is 1. The molecule has 1 aliphatic carbocycles. The Morgan fingerprint density at radius 1 is 1.26 bits per heavy atom. The lowest BCUT2D eigenvalue weighted by atomic mass is 9.67. The van der Waals surface area contributed by atoms with E-state index in [4.69, 9.17) is 5.73 Å². The van der Waals surface area contributed by atoms with Gasteiger partial charge in [-0.25, -0.2) is 0 Å². The minimum Gasteiger partial charge on any atom is -0.330 e. The molecule has 0 aromatic heterocycles. The average Bonchev–Trinajstić information content (AvgIpc) is 2.94. The van der Waals surface area contributed by atoms with Crippen LogP contribution in [0.2, 0.25) is 0 Å². The van der Waals surface area contributed by atoms with Crippen molar-refractivity contribution < 1.29 is 0 Å². The standard InChI is InChI=1S/C18H37N/c1-7-11-14(3)16-15(4)18(16,6)17(5,8-2)12-9-10-13-19/h14-16H,7-13,19H2,1-6H3. The van der Waals surface area contributed by atoms with E-state index in [1.165, 1.54) is 38.5 Å². The minimum atomic E-state index is 0.508. The Kier molecular flexibility index (Phi) is 5.92. The Bertz CT molecular complexity index is 275. The smallest absolute Gasteiger partial charge is 0.00773 e. The second-order valence-corrected chi connectivity index (χ2v) is 7.52. The predicted molar refractivity (Wildman–Crippen MR) is 86.1 cm³/mol. The van der Waals surface area contributed by atoms with E-state index in [9.17, 15) is 0 Å². The van der Waals surface area contributed by atoms with Crippen LogP contribution < -0.4 is 5.73 Å². The van der Waals surface area contributed by atoms with Crippen molar-refractivity contribution in [2.24, 2.45) is 34.3 Å². The van der Waals surface area contributed by atoms with Gasteiger partial charge in [0.2, 0.25) is 0 Å². The summed E-state index contributed by atoms with van der Waals surface area (Å²) in [5, 5.41) is 0. The Balaban J connectivity index is 2.74. The molecule has 1 rings (SSSR count). The molecule has 19 heavy (non-hydrogen) atoms. The van der Waals surface area contributed by atoms with Crippen LogP contribution in [0.25, 0.3) is 0 Å². The van der Waals surface area contributed by atoms with Gasteiger partial charge in [-0.05, 0) is 48.0 Å². The lowest BCUT2D eigenvalue weighted by Gasteiger charge is -2.38. The molecule has 0 aromatic rings. The van der Waals surface area contributed by atoms with Gasteiger partial charge in [0.25, 0.3) is 0 Å². The van der Waals surface area contributed by atoms with E-state index < -0.39 is 0 Å². The van der Waals surface area contributed by atoms with E-state index in [2.05, 4.69) is 41.5 Å². The zero-order chi connectivity index (χ0) is 14.7. The molecule has 1 nitrogen and oxygen atoms in total. The molecule has 1 fully saturated rings. The molecule has 5 unspecified atom stereocenters. The molecule has 5 atom stereocenters. The highest BCUT2D eigenvalue weighted by molar-refractivity contribution is 5.14. The molecule has 1 aliphatic rings. The van der Waals surface area contributed by atoms with Gasteiger partial charge in [-0.15, -0.1) is 0 Å². The van der Waals surface area contributed by atoms with Crippen molar-refractivity contribution in [2.45, 2.75) is 80.1 Å². The van der Waals surface area contributed by atoms with E-state index in [-0.39, 0.29) is 0 Å². The molecule has 0 saturated heterocycles. The van der Waals surface area contributed by atoms with Gasteiger partial charge in [-0.3, -0.25) is 0 Å². The summed E-state index contributed by atoms with van der Waals surface area (Å²) < 4.78 is 0. The Hall–Kier alpha value is -0.0400. The molecule has 1 heteroatoms. The molecule has 0 spiro atoms. The monoisotopic (exact) mass is 267 g/mol. The van der Waals surface area contributed by atoms with Crippen LogP contribution in [0.5, 0.6) is 0 Å². The minimum absolute atomic E-state index is 0.508. The third-order valence-electron chi connectivity index (χ3n) is 6.69. The third kappa shape index (κ3) is 3.01. The maximum atomic E-state index is 5.67. The van der Waals surface area contributed by atoms with Gasteiger partial charge in [0.15, 0.2) is 0 Å². The van der Waals surface area contributed by atoms with Crippen LogP contribution in [-0.2, 0) is 0 Å². The van der Waals surface area contributed by atoms with E-state index >= 15 is 0 Å². The van der Waals surface area contributed by atoms with Gasteiger partial charge in [0, 0.05) is 0 Å². The number of unbranched alkanes of at least 4 members (excludes halogenated alkanes) is 1. The molecule has 2 N–H and O–H groups in total. The second-order valence-electron chi connectivity index (χ2n) is 7.52. The van der Waals surface area contributed by atoms with Crippen molar-refractivity contribution in [1.29, 1.82) is 0 Å². The van der Waals surface area contributed by atoms with Crippen LogP contribution in [0.3, 0.4) is 0 Å². The Morgan fingerprint density at radius 2 is 1.89 bits per heavy atom. The van der Waals surface area contributed by atoms with Crippen LogP contribution in [0, 0.1) is 28.6 Å². The van der Waals surface area contributed by atoms with E-state index in [1.54, 1.807) is 0 Å². The van der Waals surface area contributed by atoms with Gasteiger partial charge in [0.1, 0.15) is 0 Å². The first kappa shape index (κ1) is 17.0. The van der Waals surface area contributed by atoms with Crippen molar-refractivity contribution in [3.8, 4) is 0 Å². The van der Waals surface area contributed by atoms with Crippen LogP contribution in [0.15, 0.2) is 0 Å². The van der Waals surface area contributed by atoms with E-state index in [0.717, 1.165) is 24.3 Å². The highest BCUT2D eigenvalue weighted by Gasteiger charge is 2.66. The summed E-state index contributed by atoms with van der Waals surface area (Å²) in [5.74, 6) is 2.73. The largest absolute Gasteiger partial charge is 0.330 e. The van der Waals surface area contributed by atoms with Crippen molar-refractivity contribution in [2.75, 3.05) is 6.54 Å². The average molecular weight is 268 g/mol. The maximum Gasteiger partial charge on any atom is -0.00773 e. The Morgan fingerprint density at radius 3 is 2.37 bits per heavy atom. The SMILES string of the molecule is CCCC(C)C1C(C)C1(C)C(C)(CC)CCCCN. The number of rotatable bonds is 9. The van der Waals surface area contributed by atoms with Crippen LogP contribution in [0.4, 0.5) is 0 Å². The summed E-state index contributed by atoms with van der Waals surface area (Å²) in [6.45, 7) is 15.6. The summed E-state index contributed by atoms with van der Waals surface area (Å²) in [4.78, 5) is 0. The molecule has 0 aromatic carbocycles. The summed E-state index contributed by atoms with van der Waals surface area (Å²) in [6.07, 6.45) is 7.89. The summed E-state index contributed by atoms with van der Waals surface area (Å²) in [6, 6.07) is 0. The van der Waals surface area contributed by atoms with Crippen molar-refractivity contribution >= 4 is 0 Å². The lowest BCUT2D eigenvalue weighted by Crippen LogP contribution is -2.30. The van der Waals surface area contributed by atoms with Crippen LogP contribution in [-0.4, -0.2) is 6.54 Å². The van der Waals surface area contributed by atoms with Gasteiger partial charge in [-0.2, -0.15) is 0 Å². The Labute approximate surface area is 121 Å². The summed E-state index contributed by atoms with van der Waals surface area (Å²) in [5.41, 5.74) is 6.74. The molecule has 0 aliphatic heterocycles. The zero-order valence-corrected chi connectivity index (χ0v) is 14.3. The second kappa shape index (κ2) is 6.61. The first-order valence-corrected chi connectivity index (χ1v) is 8.59. The molecule has 0 radical (unpaired) electrons.